The Hall–Kier alpha value is -4.87. The van der Waals surface area contributed by atoms with E-state index in [4.69, 9.17) is 0 Å². The molecule has 0 aliphatic rings. The molecule has 0 spiro atoms. The van der Waals surface area contributed by atoms with E-state index in [1.807, 2.05) is 18.2 Å². The molecule has 0 saturated heterocycles. The van der Waals surface area contributed by atoms with Gasteiger partial charge in [0.05, 0.1) is 28.2 Å². The molecule has 6 aromatic carbocycles. The molecule has 0 amide bonds. The zero-order valence-corrected chi connectivity index (χ0v) is 23.8. The van der Waals surface area contributed by atoms with Crippen molar-refractivity contribution in [2.24, 2.45) is 0 Å². The van der Waals surface area contributed by atoms with E-state index in [1.165, 1.54) is 70.8 Å². The highest BCUT2D eigenvalue weighted by Gasteiger charge is 2.21. The minimum absolute atomic E-state index is 0.479. The van der Waals surface area contributed by atoms with Crippen molar-refractivity contribution in [2.75, 3.05) is 0 Å². The molecular weight excluding hydrogens is 496 g/mol. The van der Waals surface area contributed by atoms with E-state index >= 15 is 0 Å². The number of rotatable bonds is 3. The Kier molecular flexibility index (Phi) is 5.01. The van der Waals surface area contributed by atoms with E-state index in [-0.39, 0.29) is 0 Å². The molecule has 0 aliphatic carbocycles. The maximum Gasteiger partial charge on any atom is 0.0998 e. The lowest BCUT2D eigenvalue weighted by Gasteiger charge is -2.09. The molecule has 2 heterocycles. The van der Waals surface area contributed by atoms with Crippen LogP contribution in [0.2, 0.25) is 0 Å². The molecule has 2 aromatic heterocycles. The average Bonchev–Trinajstić information content (AvgIpc) is 3.48. The van der Waals surface area contributed by atoms with Gasteiger partial charge in [0.25, 0.3) is 0 Å². The second-order valence-electron chi connectivity index (χ2n) is 12.2. The Morgan fingerprint density at radius 1 is 0.561 bits per heavy atom. The van der Waals surface area contributed by atoms with Gasteiger partial charge in [-0.25, -0.2) is 0 Å². The van der Waals surface area contributed by atoms with Crippen molar-refractivity contribution in [2.45, 2.75) is 39.5 Å². The van der Waals surface area contributed by atoms with Crippen molar-refractivity contribution < 1.29 is 0 Å². The van der Waals surface area contributed by atoms with Crippen molar-refractivity contribution in [1.82, 2.24) is 4.40 Å². The van der Waals surface area contributed by atoms with Gasteiger partial charge in [-0.15, -0.1) is 0 Å². The van der Waals surface area contributed by atoms with Gasteiger partial charge < -0.3 is 4.40 Å². The molecule has 41 heavy (non-hydrogen) atoms. The highest BCUT2D eigenvalue weighted by Crippen LogP contribution is 2.44. The van der Waals surface area contributed by atoms with E-state index in [2.05, 4.69) is 117 Å². The molecule has 0 fully saturated rings. The van der Waals surface area contributed by atoms with Gasteiger partial charge in [0, 0.05) is 21.5 Å². The standard InChI is InChI=1S/C39H30N2/c1-22(2)24-9-11-26-19-37-33(15-29(26)13-24)35-17-31(32-8-6-5-7-28(32)21-40)18-36-34-16-30-14-25(23(3)4)10-12-27(30)20-38(34)41(37)39(35)36/h5-20,22-23H,1-4H3. The Balaban J connectivity index is 1.56. The molecule has 0 atom stereocenters. The van der Waals surface area contributed by atoms with Crippen LogP contribution in [0.5, 0.6) is 0 Å². The van der Waals surface area contributed by atoms with E-state index in [9.17, 15) is 5.26 Å². The summed E-state index contributed by atoms with van der Waals surface area (Å²) in [5.74, 6) is 0.958. The Morgan fingerprint density at radius 3 is 1.61 bits per heavy atom. The van der Waals surface area contributed by atoms with Crippen LogP contribution in [-0.4, -0.2) is 4.40 Å². The van der Waals surface area contributed by atoms with Crippen LogP contribution < -0.4 is 0 Å². The fraction of sp³-hybridized carbons (Fsp3) is 0.154. The normalized spacial score (nSPS) is 12.3. The minimum Gasteiger partial charge on any atom is -0.308 e. The van der Waals surface area contributed by atoms with Crippen LogP contribution in [0.25, 0.3) is 70.8 Å². The maximum atomic E-state index is 9.94. The Labute approximate surface area is 239 Å². The molecule has 2 heteroatoms. The fourth-order valence-corrected chi connectivity index (χ4v) is 6.77. The van der Waals surface area contributed by atoms with E-state index in [0.29, 0.717) is 17.4 Å². The van der Waals surface area contributed by atoms with Crippen LogP contribution in [-0.2, 0) is 0 Å². The second-order valence-corrected chi connectivity index (χ2v) is 12.2. The second kappa shape index (κ2) is 8.56. The molecular formula is C39H30N2. The summed E-state index contributed by atoms with van der Waals surface area (Å²) >= 11 is 0. The van der Waals surface area contributed by atoms with E-state index < -0.39 is 0 Å². The number of nitrogens with zero attached hydrogens (tertiary/aromatic N) is 2. The Bertz CT molecular complexity index is 2240. The summed E-state index contributed by atoms with van der Waals surface area (Å²) in [6.07, 6.45) is 0. The molecule has 0 radical (unpaired) electrons. The molecule has 196 valence electrons. The Morgan fingerprint density at radius 2 is 1.10 bits per heavy atom. The quantitative estimate of drug-likeness (QED) is 0.225. The van der Waals surface area contributed by atoms with Crippen molar-refractivity contribution in [3.05, 3.63) is 114 Å². The zero-order chi connectivity index (χ0) is 28.0. The molecule has 8 aromatic rings. The third-order valence-electron chi connectivity index (χ3n) is 9.05. The highest BCUT2D eigenvalue weighted by molar-refractivity contribution is 6.27. The first-order chi connectivity index (χ1) is 19.9. The molecule has 0 N–H and O–H groups in total. The predicted octanol–water partition coefficient (Wildman–Crippen LogP) is 10.9. The average molecular weight is 527 g/mol. The number of fused-ring (bicyclic) bond motifs is 8. The van der Waals surface area contributed by atoms with Gasteiger partial charge in [-0.05, 0) is 98.1 Å². The van der Waals surface area contributed by atoms with Crippen LogP contribution >= 0.6 is 0 Å². The lowest BCUT2D eigenvalue weighted by atomic mass is 9.94. The highest BCUT2D eigenvalue weighted by atomic mass is 14.9. The summed E-state index contributed by atoms with van der Waals surface area (Å²) in [6, 6.07) is 38.2. The summed E-state index contributed by atoms with van der Waals surface area (Å²) in [6.45, 7) is 9.00. The number of hydrogen-bond acceptors (Lipinski definition) is 1. The monoisotopic (exact) mass is 526 g/mol. The van der Waals surface area contributed by atoms with Gasteiger partial charge in [-0.2, -0.15) is 5.26 Å². The van der Waals surface area contributed by atoms with Gasteiger partial charge >= 0.3 is 0 Å². The first kappa shape index (κ1) is 24.0. The third kappa shape index (κ3) is 3.42. The molecule has 0 aliphatic heterocycles. The first-order valence-electron chi connectivity index (χ1n) is 14.5. The van der Waals surface area contributed by atoms with Gasteiger partial charge in [0.15, 0.2) is 0 Å². The topological polar surface area (TPSA) is 28.2 Å². The molecule has 2 nitrogen and oxygen atoms in total. The molecule has 0 bridgehead atoms. The summed E-state index contributed by atoms with van der Waals surface area (Å²) in [5, 5.41) is 20.0. The number of aromatic nitrogens is 1. The van der Waals surface area contributed by atoms with Gasteiger partial charge in [-0.1, -0.05) is 82.3 Å². The van der Waals surface area contributed by atoms with Gasteiger partial charge in [-0.3, -0.25) is 0 Å². The van der Waals surface area contributed by atoms with Crippen LogP contribution in [0.1, 0.15) is 56.2 Å². The summed E-state index contributed by atoms with van der Waals surface area (Å²) in [5.41, 5.74) is 9.20. The number of nitriles is 1. The molecule has 0 saturated carbocycles. The molecule has 8 rings (SSSR count). The largest absolute Gasteiger partial charge is 0.308 e. The summed E-state index contributed by atoms with van der Waals surface area (Å²) in [7, 11) is 0. The smallest absolute Gasteiger partial charge is 0.0998 e. The number of hydrogen-bond donors (Lipinski definition) is 0. The van der Waals surface area contributed by atoms with Crippen LogP contribution in [0, 0.1) is 11.3 Å². The van der Waals surface area contributed by atoms with Crippen LogP contribution in [0.3, 0.4) is 0 Å². The first-order valence-corrected chi connectivity index (χ1v) is 14.5. The van der Waals surface area contributed by atoms with Crippen LogP contribution in [0.15, 0.2) is 97.1 Å². The van der Waals surface area contributed by atoms with E-state index in [1.54, 1.807) is 0 Å². The van der Waals surface area contributed by atoms with E-state index in [0.717, 1.165) is 11.1 Å². The zero-order valence-electron chi connectivity index (χ0n) is 23.8. The fourth-order valence-electron chi connectivity index (χ4n) is 6.77. The maximum absolute atomic E-state index is 9.94. The lowest BCUT2D eigenvalue weighted by molar-refractivity contribution is 0.869. The third-order valence-corrected chi connectivity index (χ3v) is 9.05. The minimum atomic E-state index is 0.479. The van der Waals surface area contributed by atoms with Crippen molar-refractivity contribution in [3.63, 3.8) is 0 Å². The van der Waals surface area contributed by atoms with Gasteiger partial charge in [0.2, 0.25) is 0 Å². The molecule has 0 unspecified atom stereocenters. The van der Waals surface area contributed by atoms with Gasteiger partial charge in [0.1, 0.15) is 0 Å². The summed E-state index contributed by atoms with van der Waals surface area (Å²) < 4.78 is 2.47. The van der Waals surface area contributed by atoms with Crippen molar-refractivity contribution in [1.29, 1.82) is 5.26 Å². The SMILES string of the molecule is CC(C)c1ccc2cc3c(cc2c1)c1cc(-c2ccccc2C#N)cc2c4cc5cc(C(C)C)ccc5cc4n3c12. The van der Waals surface area contributed by atoms with Crippen LogP contribution in [0.4, 0.5) is 0 Å². The lowest BCUT2D eigenvalue weighted by Crippen LogP contribution is -1.88. The summed E-state index contributed by atoms with van der Waals surface area (Å²) in [4.78, 5) is 0. The van der Waals surface area contributed by atoms with Crippen molar-refractivity contribution in [3.8, 4) is 17.2 Å². The predicted molar refractivity (Wildman–Crippen MR) is 174 cm³/mol. The number of benzene rings is 6. The van der Waals surface area contributed by atoms with Crippen molar-refractivity contribution >= 4 is 59.6 Å².